The van der Waals surface area contributed by atoms with Crippen molar-refractivity contribution in [3.63, 3.8) is 0 Å². The Morgan fingerprint density at radius 1 is 1.60 bits per heavy atom. The molecule has 0 aromatic carbocycles. The Labute approximate surface area is 121 Å². The van der Waals surface area contributed by atoms with E-state index in [-0.39, 0.29) is 5.69 Å². The largest absolute Gasteiger partial charge is 0.344 e. The van der Waals surface area contributed by atoms with Gasteiger partial charge in [0.15, 0.2) is 5.16 Å². The fourth-order valence-electron chi connectivity index (χ4n) is 2.92. The number of aromatic amines is 1. The molecule has 2 unspecified atom stereocenters. The van der Waals surface area contributed by atoms with Crippen molar-refractivity contribution in [2.75, 3.05) is 6.54 Å². The highest BCUT2D eigenvalue weighted by Gasteiger charge is 2.40. The summed E-state index contributed by atoms with van der Waals surface area (Å²) >= 11 is 1.64. The topological polar surface area (TPSA) is 86.5 Å². The molecular formula is C13H19N5OS. The van der Waals surface area contributed by atoms with Gasteiger partial charge in [-0.05, 0) is 38.6 Å². The van der Waals surface area contributed by atoms with E-state index in [2.05, 4.69) is 21.6 Å². The summed E-state index contributed by atoms with van der Waals surface area (Å²) in [5, 5.41) is 20.5. The molecule has 108 valence electrons. The molecule has 2 fully saturated rings. The number of hydrogen-bond acceptors (Lipinski definition) is 5. The van der Waals surface area contributed by atoms with Crippen LogP contribution in [-0.2, 0) is 0 Å². The van der Waals surface area contributed by atoms with Gasteiger partial charge in [-0.15, -0.1) is 5.10 Å². The lowest BCUT2D eigenvalue weighted by Crippen LogP contribution is -2.41. The van der Waals surface area contributed by atoms with E-state index in [9.17, 15) is 10.1 Å². The van der Waals surface area contributed by atoms with Gasteiger partial charge in [-0.2, -0.15) is 5.26 Å². The zero-order valence-corrected chi connectivity index (χ0v) is 12.4. The van der Waals surface area contributed by atoms with Crippen molar-refractivity contribution in [3.8, 4) is 6.07 Å². The number of nitrogens with zero attached hydrogens (tertiary/aromatic N) is 3. The van der Waals surface area contributed by atoms with Crippen molar-refractivity contribution in [2.24, 2.45) is 0 Å². The third-order valence-electron chi connectivity index (χ3n) is 4.05. The first kappa shape index (κ1) is 13.7. The molecule has 2 N–H and O–H groups in total. The normalized spacial score (nSPS) is 29.5. The Hall–Kier alpha value is -1.26. The highest BCUT2D eigenvalue weighted by molar-refractivity contribution is 7.99. The van der Waals surface area contributed by atoms with Crippen LogP contribution in [-0.4, -0.2) is 32.1 Å². The van der Waals surface area contributed by atoms with Gasteiger partial charge in [0.1, 0.15) is 5.54 Å². The minimum Gasteiger partial charge on any atom is -0.300 e. The van der Waals surface area contributed by atoms with Crippen LogP contribution in [0.15, 0.2) is 9.95 Å². The van der Waals surface area contributed by atoms with Crippen LogP contribution in [0.4, 0.5) is 0 Å². The molecule has 1 heterocycles. The maximum atomic E-state index is 11.7. The first-order valence-corrected chi connectivity index (χ1v) is 8.05. The summed E-state index contributed by atoms with van der Waals surface area (Å²) in [7, 11) is 0. The van der Waals surface area contributed by atoms with Gasteiger partial charge in [-0.3, -0.25) is 9.88 Å². The Kier molecular flexibility index (Phi) is 3.61. The molecule has 0 spiro atoms. The van der Waals surface area contributed by atoms with Gasteiger partial charge < -0.3 is 0 Å². The average Bonchev–Trinajstić information content (AvgIpc) is 3.10. The lowest BCUT2D eigenvalue weighted by Gasteiger charge is -2.21. The molecule has 20 heavy (non-hydrogen) atoms. The number of nitrogens with one attached hydrogen (secondary N) is 2. The van der Waals surface area contributed by atoms with E-state index in [0.29, 0.717) is 11.3 Å². The summed E-state index contributed by atoms with van der Waals surface area (Å²) in [4.78, 5) is 11.7. The van der Waals surface area contributed by atoms with Gasteiger partial charge in [0.2, 0.25) is 0 Å². The molecular weight excluding hydrogens is 274 g/mol. The third kappa shape index (κ3) is 2.50. The van der Waals surface area contributed by atoms with Crippen LogP contribution in [0.5, 0.6) is 0 Å². The Morgan fingerprint density at radius 2 is 2.40 bits per heavy atom. The number of rotatable bonds is 5. The summed E-state index contributed by atoms with van der Waals surface area (Å²) in [6.07, 6.45) is 4.80. The van der Waals surface area contributed by atoms with Crippen LogP contribution in [0.1, 0.15) is 45.1 Å². The van der Waals surface area contributed by atoms with E-state index in [1.807, 2.05) is 6.92 Å². The SMILES string of the molecule is CCNC1(C#N)CCC(Sc2n[nH]c(=O)n2C2CC2)C1. The van der Waals surface area contributed by atoms with Crippen LogP contribution in [0.3, 0.4) is 0 Å². The van der Waals surface area contributed by atoms with Gasteiger partial charge in [-0.1, -0.05) is 18.7 Å². The molecule has 0 amide bonds. The lowest BCUT2D eigenvalue weighted by atomic mass is 10.0. The van der Waals surface area contributed by atoms with Crippen molar-refractivity contribution in [1.82, 2.24) is 20.1 Å². The van der Waals surface area contributed by atoms with Gasteiger partial charge in [0, 0.05) is 11.3 Å². The quantitative estimate of drug-likeness (QED) is 0.857. The Morgan fingerprint density at radius 3 is 3.05 bits per heavy atom. The van der Waals surface area contributed by atoms with Crippen molar-refractivity contribution in [1.29, 1.82) is 5.26 Å². The molecule has 0 radical (unpaired) electrons. The first-order chi connectivity index (χ1) is 9.67. The maximum Gasteiger partial charge on any atom is 0.344 e. The van der Waals surface area contributed by atoms with Crippen molar-refractivity contribution >= 4 is 11.8 Å². The molecule has 0 aliphatic heterocycles. The smallest absolute Gasteiger partial charge is 0.300 e. The fourth-order valence-corrected chi connectivity index (χ4v) is 4.26. The molecule has 0 saturated heterocycles. The fraction of sp³-hybridized carbons (Fsp3) is 0.769. The second-order valence-electron chi connectivity index (χ2n) is 5.62. The highest BCUT2D eigenvalue weighted by atomic mass is 32.2. The predicted molar refractivity (Wildman–Crippen MR) is 76.6 cm³/mol. The number of H-pyrrole nitrogens is 1. The van der Waals surface area contributed by atoms with Gasteiger partial charge in [-0.25, -0.2) is 9.89 Å². The third-order valence-corrected chi connectivity index (χ3v) is 5.29. The number of aromatic nitrogens is 3. The second-order valence-corrected chi connectivity index (χ2v) is 6.89. The van der Waals surface area contributed by atoms with Crippen molar-refractivity contribution in [3.05, 3.63) is 10.5 Å². The van der Waals surface area contributed by atoms with Crippen LogP contribution in [0.25, 0.3) is 0 Å². The highest BCUT2D eigenvalue weighted by Crippen LogP contribution is 2.42. The van der Waals surface area contributed by atoms with E-state index in [0.717, 1.165) is 43.8 Å². The minimum atomic E-state index is -0.395. The van der Waals surface area contributed by atoms with E-state index in [1.165, 1.54) is 0 Å². The molecule has 7 heteroatoms. The van der Waals surface area contributed by atoms with Crippen molar-refractivity contribution in [2.45, 2.75) is 61.0 Å². The van der Waals surface area contributed by atoms with Gasteiger partial charge in [0.25, 0.3) is 0 Å². The summed E-state index contributed by atoms with van der Waals surface area (Å²) in [5.41, 5.74) is -0.501. The monoisotopic (exact) mass is 293 g/mol. The molecule has 2 saturated carbocycles. The zero-order valence-electron chi connectivity index (χ0n) is 11.6. The summed E-state index contributed by atoms with van der Waals surface area (Å²) in [6, 6.07) is 2.76. The first-order valence-electron chi connectivity index (χ1n) is 7.17. The molecule has 1 aromatic heterocycles. The van der Waals surface area contributed by atoms with E-state index in [1.54, 1.807) is 16.3 Å². The Bertz CT molecular complexity index is 584. The molecule has 2 aliphatic carbocycles. The summed E-state index contributed by atoms with van der Waals surface area (Å²) < 4.78 is 1.78. The van der Waals surface area contributed by atoms with Crippen molar-refractivity contribution < 1.29 is 0 Å². The number of hydrogen-bond donors (Lipinski definition) is 2. The predicted octanol–water partition coefficient (Wildman–Crippen LogP) is 1.42. The van der Waals surface area contributed by atoms with E-state index >= 15 is 0 Å². The molecule has 6 nitrogen and oxygen atoms in total. The van der Waals surface area contributed by atoms with Gasteiger partial charge in [0.05, 0.1) is 6.07 Å². The molecule has 2 atom stereocenters. The van der Waals surface area contributed by atoms with Crippen LogP contribution < -0.4 is 11.0 Å². The second kappa shape index (κ2) is 5.26. The average molecular weight is 293 g/mol. The molecule has 2 aliphatic rings. The van der Waals surface area contributed by atoms with Crippen LogP contribution in [0.2, 0.25) is 0 Å². The Balaban J connectivity index is 1.71. The molecule has 1 aromatic rings. The minimum absolute atomic E-state index is 0.105. The van der Waals surface area contributed by atoms with E-state index in [4.69, 9.17) is 0 Å². The van der Waals surface area contributed by atoms with Gasteiger partial charge >= 0.3 is 5.69 Å². The lowest BCUT2D eigenvalue weighted by molar-refractivity contribution is 0.436. The molecule has 0 bridgehead atoms. The number of nitriles is 1. The van der Waals surface area contributed by atoms with Crippen LogP contribution >= 0.6 is 11.8 Å². The van der Waals surface area contributed by atoms with Crippen LogP contribution in [0, 0.1) is 11.3 Å². The summed E-state index contributed by atoms with van der Waals surface area (Å²) in [5.74, 6) is 0. The number of thioether (sulfide) groups is 1. The standard InChI is InChI=1S/C13H19N5OS/c1-2-15-13(8-14)6-5-10(7-13)20-12-17-16-11(19)18(12)9-3-4-9/h9-10,15H,2-7H2,1H3,(H,16,19). The van der Waals surface area contributed by atoms with E-state index < -0.39 is 5.54 Å². The maximum absolute atomic E-state index is 11.7. The zero-order chi connectivity index (χ0) is 14.2. The summed E-state index contributed by atoms with van der Waals surface area (Å²) in [6.45, 7) is 2.83. The molecule has 3 rings (SSSR count).